The highest BCUT2D eigenvalue weighted by Crippen LogP contribution is 2.62. The number of hydrazone groups is 1. The number of hydrogen-bond donors (Lipinski definition) is 0. The lowest BCUT2D eigenvalue weighted by Gasteiger charge is -2.44. The van der Waals surface area contributed by atoms with Gasteiger partial charge in [-0.2, -0.15) is 5.10 Å². The molecule has 1 spiro atoms. The summed E-state index contributed by atoms with van der Waals surface area (Å²) in [6, 6.07) is 10.6. The van der Waals surface area contributed by atoms with Crippen LogP contribution in [0.4, 0.5) is 5.69 Å². The van der Waals surface area contributed by atoms with Crippen LogP contribution in [0.15, 0.2) is 53.6 Å². The summed E-state index contributed by atoms with van der Waals surface area (Å²) in [6.45, 7) is 4.27. The molecule has 0 saturated carbocycles. The Balaban J connectivity index is 1.80. The van der Waals surface area contributed by atoms with Crippen LogP contribution >= 0.6 is 0 Å². The van der Waals surface area contributed by atoms with Crippen LogP contribution in [0, 0.1) is 15.5 Å². The van der Waals surface area contributed by atoms with Crippen LogP contribution in [-0.2, 0) is 23.9 Å². The number of non-ortho nitro benzene ring substituents is 1. The predicted octanol–water partition coefficient (Wildman–Crippen LogP) is 2.86. The average Bonchev–Trinajstić information content (AvgIpc) is 3.10. The van der Waals surface area contributed by atoms with Gasteiger partial charge in [-0.3, -0.25) is 29.5 Å². The van der Waals surface area contributed by atoms with E-state index in [2.05, 4.69) is 5.10 Å². The van der Waals surface area contributed by atoms with Gasteiger partial charge in [0, 0.05) is 31.9 Å². The van der Waals surface area contributed by atoms with Crippen molar-refractivity contribution in [3.63, 3.8) is 0 Å². The molecular formula is C24H21N3O7. The van der Waals surface area contributed by atoms with Gasteiger partial charge < -0.3 is 9.47 Å². The molecule has 174 valence electrons. The normalized spacial score (nSPS) is 25.9. The maximum absolute atomic E-state index is 13.8. The highest BCUT2D eigenvalue weighted by Gasteiger charge is 2.74. The van der Waals surface area contributed by atoms with Crippen molar-refractivity contribution in [3.8, 4) is 0 Å². The molecule has 2 saturated heterocycles. The molecule has 0 aromatic heterocycles. The fourth-order valence-electron chi connectivity index (χ4n) is 5.34. The molecule has 3 aliphatic heterocycles. The maximum Gasteiger partial charge on any atom is 0.330 e. The lowest BCUT2D eigenvalue weighted by Crippen LogP contribution is -2.58. The number of ether oxygens (including phenoxy) is 2. The number of carbonyl (C=O) groups excluding carboxylic acids is 3. The molecular weight excluding hydrogens is 442 g/mol. The van der Waals surface area contributed by atoms with Gasteiger partial charge in [0.05, 0.1) is 11.1 Å². The van der Waals surface area contributed by atoms with Crippen molar-refractivity contribution in [1.82, 2.24) is 5.01 Å². The van der Waals surface area contributed by atoms with E-state index in [-0.39, 0.29) is 11.5 Å². The summed E-state index contributed by atoms with van der Waals surface area (Å²) in [5, 5.41) is 17.1. The predicted molar refractivity (Wildman–Crippen MR) is 118 cm³/mol. The van der Waals surface area contributed by atoms with E-state index in [1.54, 1.807) is 30.5 Å². The van der Waals surface area contributed by atoms with E-state index < -0.39 is 46.1 Å². The fourth-order valence-corrected chi connectivity index (χ4v) is 5.34. The average molecular weight is 463 g/mol. The second kappa shape index (κ2) is 7.21. The molecule has 0 aliphatic carbocycles. The molecule has 5 rings (SSSR count). The zero-order valence-electron chi connectivity index (χ0n) is 18.6. The topological polar surface area (TPSA) is 128 Å². The van der Waals surface area contributed by atoms with Gasteiger partial charge in [0.25, 0.3) is 11.5 Å². The maximum atomic E-state index is 13.8. The summed E-state index contributed by atoms with van der Waals surface area (Å²) >= 11 is 0. The number of benzene rings is 2. The van der Waals surface area contributed by atoms with Crippen LogP contribution in [0.2, 0.25) is 0 Å². The molecule has 2 aromatic carbocycles. The molecule has 34 heavy (non-hydrogen) atoms. The van der Waals surface area contributed by atoms with Gasteiger partial charge in [-0.05, 0) is 23.6 Å². The summed E-state index contributed by atoms with van der Waals surface area (Å²) in [5.41, 5.74) is -0.412. The first-order chi connectivity index (χ1) is 16.1. The number of ketones is 1. The van der Waals surface area contributed by atoms with Crippen LogP contribution in [0.1, 0.15) is 49.4 Å². The number of hydrogen-bond acceptors (Lipinski definition) is 9. The number of nitro benzene ring substituents is 1. The van der Waals surface area contributed by atoms with Crippen LogP contribution in [-0.4, -0.2) is 45.7 Å². The minimum Gasteiger partial charge on any atom is -0.422 e. The summed E-state index contributed by atoms with van der Waals surface area (Å²) in [7, 11) is 0. The Morgan fingerprint density at radius 1 is 1.06 bits per heavy atom. The minimum atomic E-state index is -1.96. The number of rotatable bonds is 3. The van der Waals surface area contributed by atoms with E-state index in [9.17, 15) is 24.5 Å². The molecule has 3 heterocycles. The van der Waals surface area contributed by atoms with E-state index in [0.29, 0.717) is 16.7 Å². The largest absolute Gasteiger partial charge is 0.422 e. The van der Waals surface area contributed by atoms with Crippen molar-refractivity contribution < 1.29 is 28.8 Å². The van der Waals surface area contributed by atoms with E-state index >= 15 is 0 Å². The van der Waals surface area contributed by atoms with Crippen molar-refractivity contribution in [2.24, 2.45) is 10.5 Å². The highest BCUT2D eigenvalue weighted by molar-refractivity contribution is 6.07. The van der Waals surface area contributed by atoms with Crippen LogP contribution in [0.5, 0.6) is 0 Å². The summed E-state index contributed by atoms with van der Waals surface area (Å²) in [6.07, 6.45) is 1.58. The third-order valence-electron chi connectivity index (χ3n) is 6.64. The molecule has 10 heteroatoms. The van der Waals surface area contributed by atoms with Gasteiger partial charge in [-0.15, -0.1) is 0 Å². The van der Waals surface area contributed by atoms with Gasteiger partial charge in [0.1, 0.15) is 12.1 Å². The van der Waals surface area contributed by atoms with E-state index in [4.69, 9.17) is 9.47 Å². The summed E-state index contributed by atoms with van der Waals surface area (Å²) in [4.78, 5) is 51.3. The van der Waals surface area contributed by atoms with E-state index in [1.165, 1.54) is 50.0 Å². The lowest BCUT2D eigenvalue weighted by atomic mass is 9.65. The standard InChI is InChI=1S/C24H21N3O7/c1-13(28)19-18(14-8-10-16(11-9-14)27(31)32)24(21(29)33-23(2,3)34-22(24)30)20-17-7-5-4-6-15(17)12-25-26(19)20/h4-12,18-20H,1-3H3/t18-,19-,20?/m0/s1. The Hall–Kier alpha value is -4.08. The number of nitrogens with zero attached hydrogens (tertiary/aromatic N) is 3. The molecule has 0 radical (unpaired) electrons. The van der Waals surface area contributed by atoms with Gasteiger partial charge in [0.2, 0.25) is 5.41 Å². The molecule has 0 N–H and O–H groups in total. The molecule has 0 bridgehead atoms. The number of Topliss-reactive ketones (excluding diaryl/α,β-unsaturated/α-hetero) is 1. The smallest absolute Gasteiger partial charge is 0.330 e. The van der Waals surface area contributed by atoms with E-state index in [1.807, 2.05) is 0 Å². The molecule has 2 fully saturated rings. The zero-order chi connectivity index (χ0) is 24.4. The first-order valence-corrected chi connectivity index (χ1v) is 10.7. The van der Waals surface area contributed by atoms with Crippen molar-refractivity contribution in [2.45, 2.75) is 44.6 Å². The first-order valence-electron chi connectivity index (χ1n) is 10.7. The Bertz CT molecular complexity index is 1250. The lowest BCUT2D eigenvalue weighted by molar-refractivity contribution is -0.384. The van der Waals surface area contributed by atoms with Gasteiger partial charge >= 0.3 is 11.9 Å². The summed E-state index contributed by atoms with van der Waals surface area (Å²) < 4.78 is 11.2. The molecule has 10 nitrogen and oxygen atoms in total. The van der Waals surface area contributed by atoms with E-state index in [0.717, 1.165) is 0 Å². The van der Waals surface area contributed by atoms with Crippen molar-refractivity contribution in [2.75, 3.05) is 0 Å². The quantitative estimate of drug-likeness (QED) is 0.294. The molecule has 3 aliphatic rings. The highest BCUT2D eigenvalue weighted by atomic mass is 16.7. The third-order valence-corrected chi connectivity index (χ3v) is 6.64. The Morgan fingerprint density at radius 3 is 2.26 bits per heavy atom. The number of carbonyl (C=O) groups is 3. The van der Waals surface area contributed by atoms with Crippen molar-refractivity contribution >= 4 is 29.6 Å². The van der Waals surface area contributed by atoms with Crippen LogP contribution in [0.3, 0.4) is 0 Å². The number of cyclic esters (lactones) is 2. The SMILES string of the molecule is CC(=O)[C@H]1[C@H](c2ccc([N+](=O)[O-])cc2)C2(C(=O)OC(C)(C)OC2=O)C2c3ccccc3C=NN21. The number of esters is 2. The first kappa shape index (κ1) is 21.7. The molecule has 2 aromatic rings. The number of fused-ring (bicyclic) bond motifs is 4. The Labute approximate surface area is 194 Å². The fraction of sp³-hybridized carbons (Fsp3) is 0.333. The second-order valence-corrected chi connectivity index (χ2v) is 9.09. The molecule has 3 atom stereocenters. The van der Waals surface area contributed by atoms with Crippen molar-refractivity contribution in [3.05, 3.63) is 75.3 Å². The Morgan fingerprint density at radius 2 is 1.68 bits per heavy atom. The molecule has 1 unspecified atom stereocenters. The molecule has 0 amide bonds. The third kappa shape index (κ3) is 2.87. The monoisotopic (exact) mass is 463 g/mol. The van der Waals surface area contributed by atoms with Crippen LogP contribution < -0.4 is 0 Å². The van der Waals surface area contributed by atoms with Crippen molar-refractivity contribution in [1.29, 1.82) is 0 Å². The zero-order valence-corrected chi connectivity index (χ0v) is 18.6. The second-order valence-electron chi connectivity index (χ2n) is 9.09. The Kier molecular flexibility index (Phi) is 4.61. The van der Waals surface area contributed by atoms with Crippen LogP contribution in [0.25, 0.3) is 0 Å². The van der Waals surface area contributed by atoms with Gasteiger partial charge in [-0.1, -0.05) is 36.4 Å². The van der Waals surface area contributed by atoms with Gasteiger partial charge in [-0.25, -0.2) is 0 Å². The van der Waals surface area contributed by atoms with Gasteiger partial charge in [0.15, 0.2) is 5.78 Å². The number of nitro groups is 1. The summed E-state index contributed by atoms with van der Waals surface area (Å²) in [5.74, 6) is -4.54. The minimum absolute atomic E-state index is 0.161.